The monoisotopic (exact) mass is 890 g/mol. The van der Waals surface area contributed by atoms with E-state index in [0.717, 1.165) is 70.6 Å². The number of unbranched alkanes of at least 4 members (excludes halogenated alkanes) is 11. The van der Waals surface area contributed by atoms with Crippen LogP contribution in [0, 0.1) is 0 Å². The second kappa shape index (κ2) is 36.3. The lowest BCUT2D eigenvalue weighted by atomic mass is 10.1. The van der Waals surface area contributed by atoms with Gasteiger partial charge in [0.2, 0.25) is 0 Å². The van der Waals surface area contributed by atoms with E-state index in [0.29, 0.717) is 31.5 Å². The average Bonchev–Trinajstić information content (AvgIpc) is 3.96. The number of aliphatic hydroxyl groups excluding tert-OH is 1. The summed E-state index contributed by atoms with van der Waals surface area (Å²) in [5, 5.41) is 9.75. The van der Waals surface area contributed by atoms with Crippen LogP contribution in [0.3, 0.4) is 0 Å². The third kappa shape index (κ3) is 36.4. The zero-order valence-electron chi connectivity index (χ0n) is 36.2. The fourth-order valence-corrected chi connectivity index (χ4v) is 6.97. The predicted molar refractivity (Wildman–Crippen MR) is 234 cm³/mol. The van der Waals surface area contributed by atoms with Gasteiger partial charge in [-0.3, -0.25) is 23.2 Å². The minimum Gasteiger partial charge on any atom is -0.462 e. The number of phosphoric acid groups is 2. The maximum atomic E-state index is 12.7. The van der Waals surface area contributed by atoms with Crippen molar-refractivity contribution in [2.24, 2.45) is 0 Å². The molecule has 346 valence electrons. The van der Waals surface area contributed by atoms with E-state index in [1.54, 1.807) is 0 Å². The minimum absolute atomic E-state index is 0.0462. The van der Waals surface area contributed by atoms with Crippen LogP contribution in [-0.2, 0) is 46.5 Å². The lowest BCUT2D eigenvalue weighted by molar-refractivity contribution is -0.161. The lowest BCUT2D eigenvalue weighted by Crippen LogP contribution is -2.29. The molecular formula is C44H76O14P2. The van der Waals surface area contributed by atoms with Crippen molar-refractivity contribution in [2.75, 3.05) is 26.4 Å². The van der Waals surface area contributed by atoms with E-state index in [1.165, 1.54) is 38.5 Å². The van der Waals surface area contributed by atoms with Crippen molar-refractivity contribution < 1.29 is 66.3 Å². The molecule has 5 atom stereocenters. The van der Waals surface area contributed by atoms with Crippen molar-refractivity contribution in [1.29, 1.82) is 0 Å². The minimum atomic E-state index is -4.87. The Balaban J connectivity index is 2.41. The zero-order chi connectivity index (χ0) is 44.2. The molecule has 0 bridgehead atoms. The Labute approximate surface area is 359 Å². The highest BCUT2D eigenvalue weighted by molar-refractivity contribution is 7.47. The molecule has 0 radical (unpaired) electrons. The zero-order valence-corrected chi connectivity index (χ0v) is 38.0. The van der Waals surface area contributed by atoms with Crippen LogP contribution in [0.25, 0.3) is 0 Å². The molecule has 0 aromatic carbocycles. The van der Waals surface area contributed by atoms with Gasteiger partial charge in [-0.1, -0.05) is 126 Å². The van der Waals surface area contributed by atoms with Crippen molar-refractivity contribution in [1.82, 2.24) is 0 Å². The molecule has 1 aliphatic rings. The van der Waals surface area contributed by atoms with Gasteiger partial charge in [0.1, 0.15) is 12.7 Å². The molecule has 4 N–H and O–H groups in total. The van der Waals surface area contributed by atoms with Crippen LogP contribution in [-0.4, -0.2) is 82.6 Å². The molecule has 0 aliphatic carbocycles. The highest BCUT2D eigenvalue weighted by Gasteiger charge is 2.36. The van der Waals surface area contributed by atoms with E-state index < -0.39 is 66.2 Å². The molecule has 1 heterocycles. The normalized spacial score (nSPS) is 18.0. The summed E-state index contributed by atoms with van der Waals surface area (Å²) in [6.07, 6.45) is 39.6. The number of allylic oxidation sites excluding steroid dienone is 9. The third-order valence-electron chi connectivity index (χ3n) is 9.29. The molecule has 1 saturated heterocycles. The first-order valence-electron chi connectivity index (χ1n) is 22.1. The van der Waals surface area contributed by atoms with Gasteiger partial charge in [0.05, 0.1) is 32.0 Å². The van der Waals surface area contributed by atoms with Crippen molar-refractivity contribution in [3.63, 3.8) is 0 Å². The summed E-state index contributed by atoms with van der Waals surface area (Å²) in [4.78, 5) is 52.7. The Bertz CT molecular complexity index is 1360. The standard InChI is InChI=1S/C44H76O14P2/c1-3-5-7-8-9-10-11-12-13-14-15-19-22-25-29-33-43(46)53-37-40(38-56-60(51,52)55-36-39(45)35-54-59(48,49)50)57-44(47)34-30-26-23-20-17-16-18-21-24-28-32-42-41(58-42)31-27-6-4-2/h9-10,12-13,16,18,20,23-24,28,39-42,45H,3-8,11,14-15,17,19,21-22,25-27,29-38H2,1-2H3,(H,51,52)(H2,48,49,50)/b10-9-,13-12-,18-16-,23-20-,28-24-/t39-,40+,41?,42?/m0/s1. The molecule has 14 nitrogen and oxygen atoms in total. The van der Waals surface area contributed by atoms with Gasteiger partial charge in [-0.05, 0) is 77.0 Å². The molecular weight excluding hydrogens is 814 g/mol. The van der Waals surface area contributed by atoms with Gasteiger partial charge in [-0.25, -0.2) is 9.13 Å². The summed E-state index contributed by atoms with van der Waals surface area (Å²) in [7, 11) is -9.70. The SMILES string of the molecule is CCCCC/C=C\C/C=C\CCCCCCCC(=O)OC[C@H](COP(=O)(O)OC[C@@H](O)COP(=O)(O)O)OC(=O)CCC/C=C\C/C=C\C/C=C\CC1OC1CCCCC. The molecule has 1 aliphatic heterocycles. The molecule has 0 saturated carbocycles. The van der Waals surface area contributed by atoms with Crippen LogP contribution in [0.5, 0.6) is 0 Å². The Morgan fingerprint density at radius 3 is 1.75 bits per heavy atom. The van der Waals surface area contributed by atoms with Crippen molar-refractivity contribution in [2.45, 2.75) is 180 Å². The lowest BCUT2D eigenvalue weighted by Gasteiger charge is -2.20. The Morgan fingerprint density at radius 2 is 1.10 bits per heavy atom. The van der Waals surface area contributed by atoms with Gasteiger partial charge < -0.3 is 34.0 Å². The van der Waals surface area contributed by atoms with E-state index in [-0.39, 0.29) is 12.8 Å². The molecule has 0 amide bonds. The van der Waals surface area contributed by atoms with E-state index in [1.807, 2.05) is 12.2 Å². The number of aliphatic hydroxyl groups is 1. The summed E-state index contributed by atoms with van der Waals surface area (Å²) in [6.45, 7) is 1.61. The van der Waals surface area contributed by atoms with Crippen molar-refractivity contribution >= 4 is 27.6 Å². The fourth-order valence-electron chi connectivity index (χ4n) is 5.82. The van der Waals surface area contributed by atoms with Gasteiger partial charge in [0.25, 0.3) is 0 Å². The molecule has 60 heavy (non-hydrogen) atoms. The summed E-state index contributed by atoms with van der Waals surface area (Å²) in [5.74, 6) is -1.12. The molecule has 0 aromatic rings. The molecule has 0 aromatic heterocycles. The van der Waals surface area contributed by atoms with E-state index in [9.17, 15) is 28.7 Å². The van der Waals surface area contributed by atoms with Crippen LogP contribution < -0.4 is 0 Å². The van der Waals surface area contributed by atoms with Gasteiger partial charge in [0, 0.05) is 12.8 Å². The van der Waals surface area contributed by atoms with E-state index >= 15 is 0 Å². The van der Waals surface area contributed by atoms with Gasteiger partial charge in [0.15, 0.2) is 6.10 Å². The third-order valence-corrected chi connectivity index (χ3v) is 10.7. The molecule has 3 unspecified atom stereocenters. The molecule has 1 fully saturated rings. The van der Waals surface area contributed by atoms with Gasteiger partial charge >= 0.3 is 27.6 Å². The van der Waals surface area contributed by atoms with Gasteiger partial charge in [-0.2, -0.15) is 0 Å². The fraction of sp³-hybridized carbons (Fsp3) is 0.727. The van der Waals surface area contributed by atoms with Crippen LogP contribution in [0.4, 0.5) is 0 Å². The second-order valence-electron chi connectivity index (χ2n) is 15.0. The van der Waals surface area contributed by atoms with Crippen LogP contribution in [0.1, 0.15) is 155 Å². The smallest absolute Gasteiger partial charge is 0.462 e. The number of carbonyl (C=O) groups is 2. The van der Waals surface area contributed by atoms with E-state index in [2.05, 4.69) is 71.5 Å². The first-order valence-corrected chi connectivity index (χ1v) is 25.1. The maximum Gasteiger partial charge on any atom is 0.472 e. The van der Waals surface area contributed by atoms with E-state index in [4.69, 9.17) is 28.5 Å². The van der Waals surface area contributed by atoms with Crippen LogP contribution in [0.15, 0.2) is 60.8 Å². The average molecular weight is 891 g/mol. The maximum absolute atomic E-state index is 12.7. The van der Waals surface area contributed by atoms with Crippen LogP contribution >= 0.6 is 15.6 Å². The highest BCUT2D eigenvalue weighted by atomic mass is 31.2. The summed E-state index contributed by atoms with van der Waals surface area (Å²) in [5.41, 5.74) is 0. The van der Waals surface area contributed by atoms with Crippen LogP contribution in [0.2, 0.25) is 0 Å². The number of ether oxygens (including phenoxy) is 3. The Hall–Kier alpha value is -2.22. The topological polar surface area (TPSA) is 208 Å². The van der Waals surface area contributed by atoms with Crippen molar-refractivity contribution in [3.8, 4) is 0 Å². The quantitative estimate of drug-likeness (QED) is 0.0148. The number of phosphoric ester groups is 2. The summed E-state index contributed by atoms with van der Waals surface area (Å²) < 4.78 is 53.4. The van der Waals surface area contributed by atoms with Gasteiger partial charge in [-0.15, -0.1) is 0 Å². The Morgan fingerprint density at radius 1 is 0.583 bits per heavy atom. The number of epoxide rings is 1. The summed E-state index contributed by atoms with van der Waals surface area (Å²) in [6, 6.07) is 0. The summed E-state index contributed by atoms with van der Waals surface area (Å²) >= 11 is 0. The number of hydrogen-bond donors (Lipinski definition) is 4. The molecule has 1 rings (SSSR count). The number of hydrogen-bond acceptors (Lipinski definition) is 11. The number of carbonyl (C=O) groups excluding carboxylic acids is 2. The predicted octanol–water partition coefficient (Wildman–Crippen LogP) is 10.2. The number of rotatable bonds is 40. The number of esters is 2. The Kier molecular flexibility index (Phi) is 33.7. The second-order valence-corrected chi connectivity index (χ2v) is 17.7. The first-order chi connectivity index (χ1) is 28.8. The first kappa shape index (κ1) is 55.8. The molecule has 0 spiro atoms. The molecule has 16 heteroatoms. The van der Waals surface area contributed by atoms with Crippen molar-refractivity contribution in [3.05, 3.63) is 60.8 Å². The highest BCUT2D eigenvalue weighted by Crippen LogP contribution is 2.44. The largest absolute Gasteiger partial charge is 0.472 e.